The maximum atomic E-state index is 8.33. The van der Waals surface area contributed by atoms with Gasteiger partial charge in [0.2, 0.25) is 0 Å². The minimum absolute atomic E-state index is 0.146. The molecule has 0 atom stereocenters. The number of hydrogen-bond donors (Lipinski definition) is 1. The number of hydrogen-bond acceptors (Lipinski definition) is 1. The zero-order valence-electron chi connectivity index (χ0n) is 5.07. The van der Waals surface area contributed by atoms with Gasteiger partial charge >= 0.3 is 0 Å². The third kappa shape index (κ3) is 3.45. The molecule has 1 N–H and O–H groups in total. The smallest absolute Gasteiger partial charge is 0.0477 e. The second-order valence-corrected chi connectivity index (χ2v) is 1.45. The first kappa shape index (κ1) is 7.26. The van der Waals surface area contributed by atoms with Crippen LogP contribution in [0.2, 0.25) is 0 Å². The zero-order chi connectivity index (χ0) is 6.41. The van der Waals surface area contributed by atoms with E-state index in [1.54, 1.807) is 6.92 Å². The molecular formula is C7H10O. The van der Waals surface area contributed by atoms with E-state index >= 15 is 0 Å². The van der Waals surface area contributed by atoms with Gasteiger partial charge in [-0.3, -0.25) is 0 Å². The summed E-state index contributed by atoms with van der Waals surface area (Å²) < 4.78 is 0. The average molecular weight is 110 g/mol. The second kappa shape index (κ2) is 4.42. The Balaban J connectivity index is 3.44. The van der Waals surface area contributed by atoms with Crippen LogP contribution in [0.1, 0.15) is 13.3 Å². The lowest BCUT2D eigenvalue weighted by Crippen LogP contribution is -1.82. The van der Waals surface area contributed by atoms with Gasteiger partial charge in [0.05, 0.1) is 0 Å². The van der Waals surface area contributed by atoms with Crippen molar-refractivity contribution in [1.29, 1.82) is 0 Å². The molecule has 1 heteroatoms. The Morgan fingerprint density at radius 3 is 2.75 bits per heavy atom. The zero-order valence-corrected chi connectivity index (χ0v) is 5.07. The van der Waals surface area contributed by atoms with E-state index in [-0.39, 0.29) is 6.61 Å². The van der Waals surface area contributed by atoms with Gasteiger partial charge in [0, 0.05) is 13.0 Å². The molecule has 0 saturated heterocycles. The van der Waals surface area contributed by atoms with Crippen LogP contribution in [0, 0.1) is 11.8 Å². The van der Waals surface area contributed by atoms with E-state index in [4.69, 9.17) is 5.11 Å². The van der Waals surface area contributed by atoms with Gasteiger partial charge in [-0.25, -0.2) is 0 Å². The first-order valence-electron chi connectivity index (χ1n) is 2.52. The summed E-state index contributed by atoms with van der Waals surface area (Å²) in [7, 11) is 0. The molecule has 0 fully saturated rings. The molecule has 0 aliphatic carbocycles. The maximum absolute atomic E-state index is 8.33. The van der Waals surface area contributed by atoms with Crippen molar-refractivity contribution >= 4 is 0 Å². The highest BCUT2D eigenvalue weighted by atomic mass is 16.2. The molecule has 0 aliphatic heterocycles. The Morgan fingerprint density at radius 1 is 1.75 bits per heavy atom. The standard InChI is InChI=1S/C7H10O/c1-3-4-7(2)5-6-8/h8H,2,5-6H2,1H3. The van der Waals surface area contributed by atoms with Crippen LogP contribution in [-0.4, -0.2) is 11.7 Å². The van der Waals surface area contributed by atoms with Crippen LogP contribution in [-0.2, 0) is 0 Å². The topological polar surface area (TPSA) is 20.2 Å². The summed E-state index contributed by atoms with van der Waals surface area (Å²) in [5, 5.41) is 8.33. The fourth-order valence-corrected chi connectivity index (χ4v) is 0.374. The van der Waals surface area contributed by atoms with E-state index in [1.165, 1.54) is 0 Å². The highest BCUT2D eigenvalue weighted by Gasteiger charge is 1.82. The highest BCUT2D eigenvalue weighted by Crippen LogP contribution is 1.91. The van der Waals surface area contributed by atoms with Crippen molar-refractivity contribution in [3.05, 3.63) is 12.2 Å². The Labute approximate surface area is 50.0 Å². The summed E-state index contributed by atoms with van der Waals surface area (Å²) in [4.78, 5) is 0. The van der Waals surface area contributed by atoms with Gasteiger partial charge in [0.1, 0.15) is 0 Å². The third-order valence-electron chi connectivity index (χ3n) is 0.715. The van der Waals surface area contributed by atoms with Crippen LogP contribution in [0.25, 0.3) is 0 Å². The lowest BCUT2D eigenvalue weighted by atomic mass is 10.2. The summed E-state index contributed by atoms with van der Waals surface area (Å²) in [5.74, 6) is 5.43. The van der Waals surface area contributed by atoms with E-state index in [0.29, 0.717) is 6.42 Å². The Hall–Kier alpha value is -0.740. The molecule has 0 unspecified atom stereocenters. The molecule has 0 spiro atoms. The molecular weight excluding hydrogens is 100 g/mol. The van der Waals surface area contributed by atoms with E-state index in [0.717, 1.165) is 5.57 Å². The highest BCUT2D eigenvalue weighted by molar-refractivity contribution is 5.24. The minimum atomic E-state index is 0.146. The lowest BCUT2D eigenvalue weighted by Gasteiger charge is -1.87. The van der Waals surface area contributed by atoms with Crippen molar-refractivity contribution in [2.24, 2.45) is 0 Å². The second-order valence-electron chi connectivity index (χ2n) is 1.45. The summed E-state index contributed by atoms with van der Waals surface area (Å²) in [5.41, 5.74) is 0.801. The predicted octanol–water partition coefficient (Wildman–Crippen LogP) is 0.948. The van der Waals surface area contributed by atoms with Crippen LogP contribution in [0.3, 0.4) is 0 Å². The first-order valence-corrected chi connectivity index (χ1v) is 2.52. The molecule has 0 aromatic heterocycles. The third-order valence-corrected chi connectivity index (χ3v) is 0.715. The Kier molecular flexibility index (Phi) is 4.01. The molecule has 0 aromatic rings. The normalized spacial score (nSPS) is 7.25. The lowest BCUT2D eigenvalue weighted by molar-refractivity contribution is 0.301. The summed E-state index contributed by atoms with van der Waals surface area (Å²) >= 11 is 0. The van der Waals surface area contributed by atoms with E-state index in [9.17, 15) is 0 Å². The Bertz CT molecular complexity index is 125. The monoisotopic (exact) mass is 110 g/mol. The van der Waals surface area contributed by atoms with Gasteiger partial charge in [-0.05, 0) is 12.5 Å². The van der Waals surface area contributed by atoms with Crippen molar-refractivity contribution in [1.82, 2.24) is 0 Å². The van der Waals surface area contributed by atoms with Crippen LogP contribution in [0.4, 0.5) is 0 Å². The van der Waals surface area contributed by atoms with Crippen LogP contribution in [0.5, 0.6) is 0 Å². The predicted molar refractivity (Wildman–Crippen MR) is 34.3 cm³/mol. The van der Waals surface area contributed by atoms with Crippen LogP contribution < -0.4 is 0 Å². The number of aliphatic hydroxyl groups is 1. The van der Waals surface area contributed by atoms with Crippen LogP contribution in [0.15, 0.2) is 12.2 Å². The van der Waals surface area contributed by atoms with Crippen molar-refractivity contribution in [3.63, 3.8) is 0 Å². The average Bonchev–Trinajstić information content (AvgIpc) is 1.68. The molecule has 0 saturated carbocycles. The maximum Gasteiger partial charge on any atom is 0.0477 e. The molecule has 44 valence electrons. The molecule has 0 aliphatic rings. The molecule has 0 rings (SSSR count). The molecule has 0 amide bonds. The fourth-order valence-electron chi connectivity index (χ4n) is 0.374. The first-order chi connectivity index (χ1) is 3.81. The SMILES string of the molecule is C=C(C#CC)CCO. The molecule has 0 heterocycles. The Morgan fingerprint density at radius 2 is 2.38 bits per heavy atom. The quantitative estimate of drug-likeness (QED) is 0.525. The van der Waals surface area contributed by atoms with Crippen molar-refractivity contribution < 1.29 is 5.11 Å². The van der Waals surface area contributed by atoms with Crippen molar-refractivity contribution in [2.45, 2.75) is 13.3 Å². The van der Waals surface area contributed by atoms with E-state index in [1.807, 2.05) is 0 Å². The van der Waals surface area contributed by atoms with E-state index < -0.39 is 0 Å². The minimum Gasteiger partial charge on any atom is -0.396 e. The van der Waals surface area contributed by atoms with Gasteiger partial charge in [0.25, 0.3) is 0 Å². The van der Waals surface area contributed by atoms with Gasteiger partial charge in [-0.1, -0.05) is 12.5 Å². The molecule has 0 aromatic carbocycles. The molecule has 1 nitrogen and oxygen atoms in total. The van der Waals surface area contributed by atoms with Crippen molar-refractivity contribution in [3.8, 4) is 11.8 Å². The van der Waals surface area contributed by atoms with Gasteiger partial charge in [-0.2, -0.15) is 0 Å². The number of aliphatic hydroxyl groups excluding tert-OH is 1. The van der Waals surface area contributed by atoms with E-state index in [2.05, 4.69) is 18.4 Å². The van der Waals surface area contributed by atoms with Gasteiger partial charge in [0.15, 0.2) is 0 Å². The fraction of sp³-hybridized carbons (Fsp3) is 0.429. The summed E-state index contributed by atoms with van der Waals surface area (Å²) in [6.07, 6.45) is 0.598. The number of rotatable bonds is 2. The van der Waals surface area contributed by atoms with Gasteiger partial charge < -0.3 is 5.11 Å². The summed E-state index contributed by atoms with van der Waals surface area (Å²) in [6, 6.07) is 0. The largest absolute Gasteiger partial charge is 0.396 e. The molecule has 8 heavy (non-hydrogen) atoms. The van der Waals surface area contributed by atoms with Crippen molar-refractivity contribution in [2.75, 3.05) is 6.61 Å². The van der Waals surface area contributed by atoms with Crippen LogP contribution >= 0.6 is 0 Å². The summed E-state index contributed by atoms with van der Waals surface area (Å²) in [6.45, 7) is 5.50. The molecule has 0 radical (unpaired) electrons. The van der Waals surface area contributed by atoms with Gasteiger partial charge in [-0.15, -0.1) is 5.92 Å². The molecule has 0 bridgehead atoms.